The molecule has 1 amide bonds. The molecule has 0 saturated carbocycles. The summed E-state index contributed by atoms with van der Waals surface area (Å²) in [4.78, 5) is 15.6. The predicted octanol–water partition coefficient (Wildman–Crippen LogP) is 5.23. The number of alkyl carbamates (subject to hydrolysis) is 1. The van der Waals surface area contributed by atoms with Gasteiger partial charge in [0.25, 0.3) is 0 Å². The summed E-state index contributed by atoms with van der Waals surface area (Å²) >= 11 is 0. The SMILES string of the molecule is O=C(NCCNC1CCOc2cc(Oc3ccc(C(F)(F)F)cn3)ccc21)OCc1ccccc1. The van der Waals surface area contributed by atoms with Crippen LogP contribution < -0.4 is 20.1 Å². The molecule has 1 aliphatic heterocycles. The Morgan fingerprint density at radius 2 is 1.91 bits per heavy atom. The zero-order valence-electron chi connectivity index (χ0n) is 18.7. The van der Waals surface area contributed by atoms with Gasteiger partial charge in [-0.25, -0.2) is 9.78 Å². The first kappa shape index (κ1) is 24.3. The fraction of sp³-hybridized carbons (Fsp3) is 0.280. The van der Waals surface area contributed by atoms with Crippen LogP contribution in [0.4, 0.5) is 18.0 Å². The third kappa shape index (κ3) is 6.86. The number of rotatable bonds is 8. The van der Waals surface area contributed by atoms with Gasteiger partial charge in [0.05, 0.1) is 12.2 Å². The van der Waals surface area contributed by atoms with Crippen LogP contribution in [0.3, 0.4) is 0 Å². The van der Waals surface area contributed by atoms with Crippen molar-refractivity contribution in [3.63, 3.8) is 0 Å². The Morgan fingerprint density at radius 3 is 2.66 bits per heavy atom. The van der Waals surface area contributed by atoms with Gasteiger partial charge in [-0.3, -0.25) is 0 Å². The third-order valence-electron chi connectivity index (χ3n) is 5.31. The smallest absolute Gasteiger partial charge is 0.417 e. The van der Waals surface area contributed by atoms with E-state index in [0.29, 0.717) is 31.2 Å². The second-order valence-corrected chi connectivity index (χ2v) is 7.82. The van der Waals surface area contributed by atoms with Crippen LogP contribution in [0, 0.1) is 0 Å². The van der Waals surface area contributed by atoms with E-state index in [0.717, 1.165) is 29.8 Å². The number of aromatic nitrogens is 1. The van der Waals surface area contributed by atoms with Gasteiger partial charge in [0, 0.05) is 49.4 Å². The third-order valence-corrected chi connectivity index (χ3v) is 5.31. The Labute approximate surface area is 200 Å². The first-order chi connectivity index (χ1) is 16.9. The van der Waals surface area contributed by atoms with Gasteiger partial charge in [-0.2, -0.15) is 13.2 Å². The number of pyridine rings is 1. The average Bonchev–Trinajstić information content (AvgIpc) is 2.86. The topological polar surface area (TPSA) is 81.7 Å². The van der Waals surface area contributed by atoms with Gasteiger partial charge in [-0.1, -0.05) is 36.4 Å². The lowest BCUT2D eigenvalue weighted by Crippen LogP contribution is -2.35. The minimum atomic E-state index is -4.45. The number of fused-ring (bicyclic) bond motifs is 1. The number of amides is 1. The average molecular weight is 487 g/mol. The quantitative estimate of drug-likeness (QED) is 0.424. The highest BCUT2D eigenvalue weighted by Crippen LogP contribution is 2.36. The van der Waals surface area contributed by atoms with Crippen LogP contribution in [0.5, 0.6) is 17.4 Å². The van der Waals surface area contributed by atoms with Crippen molar-refractivity contribution in [3.8, 4) is 17.4 Å². The molecular weight excluding hydrogens is 463 g/mol. The number of carbonyl (C=O) groups is 1. The molecule has 1 unspecified atom stereocenters. The van der Waals surface area contributed by atoms with Crippen LogP contribution in [0.25, 0.3) is 0 Å². The maximum Gasteiger partial charge on any atom is 0.417 e. The van der Waals surface area contributed by atoms with Crippen LogP contribution in [0.15, 0.2) is 66.9 Å². The minimum Gasteiger partial charge on any atom is -0.493 e. The summed E-state index contributed by atoms with van der Waals surface area (Å²) in [5, 5.41) is 6.10. The van der Waals surface area contributed by atoms with Gasteiger partial charge in [-0.15, -0.1) is 0 Å². The Balaban J connectivity index is 1.25. The van der Waals surface area contributed by atoms with E-state index in [4.69, 9.17) is 14.2 Å². The van der Waals surface area contributed by atoms with Crippen molar-refractivity contribution in [2.45, 2.75) is 25.2 Å². The number of nitrogens with zero attached hydrogens (tertiary/aromatic N) is 1. The Kier molecular flexibility index (Phi) is 7.71. The Hall–Kier alpha value is -3.79. The first-order valence-corrected chi connectivity index (χ1v) is 11.0. The highest BCUT2D eigenvalue weighted by Gasteiger charge is 2.30. The van der Waals surface area contributed by atoms with E-state index in [-0.39, 0.29) is 18.5 Å². The van der Waals surface area contributed by atoms with Crippen LogP contribution in [0.1, 0.15) is 29.2 Å². The van der Waals surface area contributed by atoms with Crippen molar-refractivity contribution in [1.29, 1.82) is 0 Å². The zero-order valence-corrected chi connectivity index (χ0v) is 18.7. The highest BCUT2D eigenvalue weighted by molar-refractivity contribution is 5.67. The van der Waals surface area contributed by atoms with E-state index < -0.39 is 17.8 Å². The number of carbonyl (C=O) groups excluding carboxylic acids is 1. The molecule has 10 heteroatoms. The van der Waals surface area contributed by atoms with Gasteiger partial charge in [0.2, 0.25) is 5.88 Å². The summed E-state index contributed by atoms with van der Waals surface area (Å²) in [7, 11) is 0. The lowest BCUT2D eigenvalue weighted by atomic mass is 10.0. The molecule has 3 aromatic rings. The summed E-state index contributed by atoms with van der Waals surface area (Å²) in [6.45, 7) is 1.61. The summed E-state index contributed by atoms with van der Waals surface area (Å²) in [5.41, 5.74) is 0.999. The Bertz CT molecular complexity index is 1130. The monoisotopic (exact) mass is 487 g/mol. The van der Waals surface area contributed by atoms with E-state index in [1.165, 1.54) is 6.07 Å². The fourth-order valence-corrected chi connectivity index (χ4v) is 3.56. The molecule has 2 heterocycles. The first-order valence-electron chi connectivity index (χ1n) is 11.0. The number of nitrogens with one attached hydrogen (secondary N) is 2. The van der Waals surface area contributed by atoms with Crippen molar-refractivity contribution in [1.82, 2.24) is 15.6 Å². The molecule has 4 rings (SSSR count). The molecule has 0 aliphatic carbocycles. The van der Waals surface area contributed by atoms with Crippen molar-refractivity contribution in [2.75, 3.05) is 19.7 Å². The lowest BCUT2D eigenvalue weighted by Gasteiger charge is -2.27. The van der Waals surface area contributed by atoms with E-state index in [9.17, 15) is 18.0 Å². The van der Waals surface area contributed by atoms with Crippen molar-refractivity contribution >= 4 is 6.09 Å². The molecule has 2 N–H and O–H groups in total. The van der Waals surface area contributed by atoms with Crippen LogP contribution in [0.2, 0.25) is 0 Å². The number of alkyl halides is 3. The number of halogens is 3. The molecule has 0 radical (unpaired) electrons. The number of hydrogen-bond donors (Lipinski definition) is 2. The molecule has 35 heavy (non-hydrogen) atoms. The molecule has 0 bridgehead atoms. The molecule has 0 fully saturated rings. The van der Waals surface area contributed by atoms with Gasteiger partial charge >= 0.3 is 12.3 Å². The predicted molar refractivity (Wildman–Crippen MR) is 121 cm³/mol. The van der Waals surface area contributed by atoms with E-state index >= 15 is 0 Å². The van der Waals surface area contributed by atoms with Crippen molar-refractivity contribution in [3.05, 3.63) is 83.6 Å². The molecule has 1 aliphatic rings. The summed E-state index contributed by atoms with van der Waals surface area (Å²) in [5.74, 6) is 1.07. The summed E-state index contributed by atoms with van der Waals surface area (Å²) < 4.78 is 54.6. The standard InChI is InChI=1S/C25H24F3N3O4/c26-25(27,28)18-6-9-23(31-15-18)35-19-7-8-20-21(10-13-33-22(20)14-19)29-11-12-30-24(32)34-16-17-4-2-1-3-5-17/h1-9,14-15,21,29H,10-13,16H2,(H,30,32). The van der Waals surface area contributed by atoms with Crippen molar-refractivity contribution < 1.29 is 32.2 Å². The van der Waals surface area contributed by atoms with E-state index in [1.807, 2.05) is 36.4 Å². The molecular formula is C25H24F3N3O4. The van der Waals surface area contributed by atoms with Gasteiger partial charge in [0.1, 0.15) is 18.1 Å². The maximum absolute atomic E-state index is 12.7. The highest BCUT2D eigenvalue weighted by atomic mass is 19.4. The molecule has 0 saturated heterocycles. The van der Waals surface area contributed by atoms with Gasteiger partial charge < -0.3 is 24.8 Å². The van der Waals surface area contributed by atoms with Crippen LogP contribution in [-0.2, 0) is 17.5 Å². The molecule has 7 nitrogen and oxygen atoms in total. The largest absolute Gasteiger partial charge is 0.493 e. The van der Waals surface area contributed by atoms with Crippen LogP contribution in [-0.4, -0.2) is 30.8 Å². The normalized spacial score (nSPS) is 15.0. The number of benzene rings is 2. The van der Waals surface area contributed by atoms with Gasteiger partial charge in [-0.05, 0) is 17.7 Å². The Morgan fingerprint density at radius 1 is 1.09 bits per heavy atom. The zero-order chi connectivity index (χ0) is 24.7. The fourth-order valence-electron chi connectivity index (χ4n) is 3.56. The molecule has 0 spiro atoms. The summed E-state index contributed by atoms with van der Waals surface area (Å²) in [6.07, 6.45) is -3.46. The lowest BCUT2D eigenvalue weighted by molar-refractivity contribution is -0.137. The second-order valence-electron chi connectivity index (χ2n) is 7.82. The molecule has 1 atom stereocenters. The van der Waals surface area contributed by atoms with Gasteiger partial charge in [0.15, 0.2) is 0 Å². The van der Waals surface area contributed by atoms with Crippen molar-refractivity contribution in [2.24, 2.45) is 0 Å². The minimum absolute atomic E-state index is 0.0131. The molecule has 184 valence electrons. The maximum atomic E-state index is 12.7. The summed E-state index contributed by atoms with van der Waals surface area (Å²) in [6, 6.07) is 16.8. The van der Waals surface area contributed by atoms with E-state index in [1.54, 1.807) is 12.1 Å². The second kappa shape index (κ2) is 11.1. The van der Waals surface area contributed by atoms with E-state index in [2.05, 4.69) is 15.6 Å². The molecule has 1 aromatic heterocycles. The van der Waals surface area contributed by atoms with Crippen LogP contribution >= 0.6 is 0 Å². The molecule has 2 aromatic carbocycles. The number of ether oxygens (including phenoxy) is 3. The number of hydrogen-bond acceptors (Lipinski definition) is 6.